The maximum Gasteiger partial charge on any atom is 0.253 e. The number of hydrogen-bond acceptors (Lipinski definition) is 3. The van der Waals surface area contributed by atoms with E-state index in [1.165, 1.54) is 0 Å². The summed E-state index contributed by atoms with van der Waals surface area (Å²) in [6.45, 7) is 4.46. The monoisotopic (exact) mass is 250 g/mol. The number of amides is 1. The van der Waals surface area contributed by atoms with Crippen LogP contribution in [0.25, 0.3) is 0 Å². The van der Waals surface area contributed by atoms with Gasteiger partial charge in [-0.25, -0.2) is 0 Å². The summed E-state index contributed by atoms with van der Waals surface area (Å²) in [5, 5.41) is 0. The lowest BCUT2D eigenvalue weighted by Gasteiger charge is -2.20. The van der Waals surface area contributed by atoms with Crippen molar-refractivity contribution in [1.29, 1.82) is 0 Å². The zero-order valence-electron chi connectivity index (χ0n) is 11.2. The van der Waals surface area contributed by atoms with Crippen LogP contribution in [0.1, 0.15) is 22.8 Å². The van der Waals surface area contributed by atoms with E-state index in [0.717, 1.165) is 12.0 Å². The van der Waals surface area contributed by atoms with Gasteiger partial charge in [-0.2, -0.15) is 0 Å². The molecule has 0 saturated heterocycles. The predicted molar refractivity (Wildman–Crippen MR) is 72.7 cm³/mol. The molecule has 0 aliphatic heterocycles. The number of rotatable bonds is 7. The van der Waals surface area contributed by atoms with Gasteiger partial charge in [-0.05, 0) is 37.6 Å². The fourth-order valence-electron chi connectivity index (χ4n) is 1.77. The lowest BCUT2D eigenvalue weighted by atomic mass is 10.1. The second-order valence-electron chi connectivity index (χ2n) is 4.11. The molecule has 0 unspecified atom stereocenters. The maximum absolute atomic E-state index is 12.2. The van der Waals surface area contributed by atoms with Crippen LogP contribution in [-0.2, 0) is 11.2 Å². The summed E-state index contributed by atoms with van der Waals surface area (Å²) in [6, 6.07) is 7.65. The molecule has 1 rings (SSSR count). The summed E-state index contributed by atoms with van der Waals surface area (Å²) in [6.07, 6.45) is 0.843. The third-order valence-electron chi connectivity index (χ3n) is 2.87. The van der Waals surface area contributed by atoms with Crippen LogP contribution in [0, 0.1) is 0 Å². The van der Waals surface area contributed by atoms with E-state index in [4.69, 9.17) is 10.5 Å². The zero-order valence-corrected chi connectivity index (χ0v) is 11.2. The van der Waals surface area contributed by atoms with Gasteiger partial charge in [0.15, 0.2) is 0 Å². The number of benzene rings is 1. The van der Waals surface area contributed by atoms with Gasteiger partial charge in [-0.1, -0.05) is 12.1 Å². The van der Waals surface area contributed by atoms with E-state index in [9.17, 15) is 4.79 Å². The van der Waals surface area contributed by atoms with Gasteiger partial charge in [0.25, 0.3) is 5.91 Å². The van der Waals surface area contributed by atoms with E-state index in [1.807, 2.05) is 31.2 Å². The summed E-state index contributed by atoms with van der Waals surface area (Å²) in [7, 11) is 1.64. The molecule has 0 saturated carbocycles. The Morgan fingerprint density at radius 2 is 2.00 bits per heavy atom. The van der Waals surface area contributed by atoms with E-state index in [1.54, 1.807) is 12.0 Å². The Kier molecular flexibility index (Phi) is 6.39. The molecule has 0 spiro atoms. The fraction of sp³-hybridized carbons (Fsp3) is 0.500. The van der Waals surface area contributed by atoms with Gasteiger partial charge in [0.1, 0.15) is 0 Å². The number of carbonyl (C=O) groups excluding carboxylic acids is 1. The Bertz CT molecular complexity index is 363. The van der Waals surface area contributed by atoms with Crippen molar-refractivity contribution >= 4 is 5.91 Å². The number of methoxy groups -OCH3 is 1. The van der Waals surface area contributed by atoms with Crippen molar-refractivity contribution in [3.8, 4) is 0 Å². The van der Waals surface area contributed by atoms with Crippen molar-refractivity contribution in [3.63, 3.8) is 0 Å². The Hall–Kier alpha value is -1.39. The van der Waals surface area contributed by atoms with E-state index >= 15 is 0 Å². The number of nitrogens with zero attached hydrogens (tertiary/aromatic N) is 1. The molecule has 0 aromatic heterocycles. The standard InChI is InChI=1S/C14H22N2O2/c1-3-16(10-11-18-2)14(17)13-6-4-12(5-7-13)8-9-15/h4-7H,3,8-11,15H2,1-2H3. The molecule has 0 bridgehead atoms. The van der Waals surface area contributed by atoms with Crippen molar-refractivity contribution < 1.29 is 9.53 Å². The third-order valence-corrected chi connectivity index (χ3v) is 2.87. The molecule has 4 heteroatoms. The van der Waals surface area contributed by atoms with Crippen molar-refractivity contribution in [2.45, 2.75) is 13.3 Å². The van der Waals surface area contributed by atoms with Crippen LogP contribution < -0.4 is 5.73 Å². The summed E-state index contributed by atoms with van der Waals surface area (Å²) in [4.78, 5) is 14.0. The first-order chi connectivity index (χ1) is 8.72. The van der Waals surface area contributed by atoms with Crippen molar-refractivity contribution in [3.05, 3.63) is 35.4 Å². The predicted octanol–water partition coefficient (Wildman–Crippen LogP) is 1.30. The molecular formula is C14H22N2O2. The molecule has 0 aliphatic carbocycles. The Labute approximate surface area is 109 Å². The maximum atomic E-state index is 12.2. The molecule has 100 valence electrons. The molecule has 1 aromatic carbocycles. The highest BCUT2D eigenvalue weighted by Gasteiger charge is 2.13. The highest BCUT2D eigenvalue weighted by molar-refractivity contribution is 5.94. The normalized spacial score (nSPS) is 10.4. The molecule has 4 nitrogen and oxygen atoms in total. The van der Waals surface area contributed by atoms with E-state index in [0.29, 0.717) is 31.8 Å². The SMILES string of the molecule is CCN(CCOC)C(=O)c1ccc(CCN)cc1. The van der Waals surface area contributed by atoms with Crippen LogP contribution in [0.15, 0.2) is 24.3 Å². The number of hydrogen-bond donors (Lipinski definition) is 1. The summed E-state index contributed by atoms with van der Waals surface area (Å²) in [5.74, 6) is 0.0499. The van der Waals surface area contributed by atoms with Crippen molar-refractivity contribution in [1.82, 2.24) is 4.90 Å². The minimum atomic E-state index is 0.0499. The Balaban J connectivity index is 2.69. The number of carbonyl (C=O) groups is 1. The number of likely N-dealkylation sites (N-methyl/N-ethyl adjacent to an activating group) is 1. The molecule has 0 atom stereocenters. The molecular weight excluding hydrogens is 228 g/mol. The summed E-state index contributed by atoms with van der Waals surface area (Å²) >= 11 is 0. The molecule has 18 heavy (non-hydrogen) atoms. The highest BCUT2D eigenvalue weighted by atomic mass is 16.5. The molecule has 1 aromatic rings. The van der Waals surface area contributed by atoms with Crippen molar-refractivity contribution in [2.24, 2.45) is 5.73 Å². The average Bonchev–Trinajstić information content (AvgIpc) is 2.40. The van der Waals surface area contributed by atoms with Gasteiger partial charge in [0, 0.05) is 25.8 Å². The smallest absolute Gasteiger partial charge is 0.253 e. The first kappa shape index (κ1) is 14.7. The second kappa shape index (κ2) is 7.84. The highest BCUT2D eigenvalue weighted by Crippen LogP contribution is 2.08. The van der Waals surface area contributed by atoms with Gasteiger partial charge in [0.05, 0.1) is 6.61 Å². The quantitative estimate of drug-likeness (QED) is 0.793. The Morgan fingerprint density at radius 1 is 1.33 bits per heavy atom. The fourth-order valence-corrected chi connectivity index (χ4v) is 1.77. The van der Waals surface area contributed by atoms with Crippen LogP contribution in [0.5, 0.6) is 0 Å². The lowest BCUT2D eigenvalue weighted by Crippen LogP contribution is -2.33. The van der Waals surface area contributed by atoms with Crippen LogP contribution in [0.3, 0.4) is 0 Å². The first-order valence-electron chi connectivity index (χ1n) is 6.30. The average molecular weight is 250 g/mol. The van der Waals surface area contributed by atoms with Gasteiger partial charge in [-0.15, -0.1) is 0 Å². The molecule has 2 N–H and O–H groups in total. The lowest BCUT2D eigenvalue weighted by molar-refractivity contribution is 0.0706. The van der Waals surface area contributed by atoms with Gasteiger partial charge >= 0.3 is 0 Å². The molecule has 0 heterocycles. The van der Waals surface area contributed by atoms with E-state index in [2.05, 4.69) is 0 Å². The van der Waals surface area contributed by atoms with Crippen LogP contribution in [0.2, 0.25) is 0 Å². The summed E-state index contributed by atoms with van der Waals surface area (Å²) in [5.41, 5.74) is 7.37. The van der Waals surface area contributed by atoms with Gasteiger partial charge in [-0.3, -0.25) is 4.79 Å². The number of ether oxygens (including phenoxy) is 1. The minimum absolute atomic E-state index is 0.0499. The van der Waals surface area contributed by atoms with Crippen molar-refractivity contribution in [2.75, 3.05) is 33.4 Å². The first-order valence-corrected chi connectivity index (χ1v) is 6.30. The largest absolute Gasteiger partial charge is 0.383 e. The van der Waals surface area contributed by atoms with E-state index < -0.39 is 0 Å². The molecule has 0 radical (unpaired) electrons. The summed E-state index contributed by atoms with van der Waals surface area (Å²) < 4.78 is 5.00. The molecule has 0 fully saturated rings. The van der Waals surface area contributed by atoms with Crippen LogP contribution >= 0.6 is 0 Å². The zero-order chi connectivity index (χ0) is 13.4. The molecule has 0 aliphatic rings. The molecule has 1 amide bonds. The topological polar surface area (TPSA) is 55.6 Å². The van der Waals surface area contributed by atoms with Crippen LogP contribution in [-0.4, -0.2) is 44.2 Å². The number of nitrogens with two attached hydrogens (primary N) is 1. The third kappa shape index (κ3) is 4.13. The van der Waals surface area contributed by atoms with E-state index in [-0.39, 0.29) is 5.91 Å². The van der Waals surface area contributed by atoms with Crippen LogP contribution in [0.4, 0.5) is 0 Å². The second-order valence-corrected chi connectivity index (χ2v) is 4.11. The van der Waals surface area contributed by atoms with Gasteiger partial charge in [0.2, 0.25) is 0 Å². The minimum Gasteiger partial charge on any atom is -0.383 e. The van der Waals surface area contributed by atoms with Gasteiger partial charge < -0.3 is 15.4 Å². The Morgan fingerprint density at radius 3 is 2.50 bits per heavy atom.